The molecule has 2 rings (SSSR count). The molecule has 1 atom stereocenters. The van der Waals surface area contributed by atoms with Gasteiger partial charge in [0.15, 0.2) is 0 Å². The minimum absolute atomic E-state index is 0.0861. The highest BCUT2D eigenvalue weighted by molar-refractivity contribution is 7.89. The molecule has 1 aromatic rings. The molecule has 106 valence electrons. The number of rotatable bonds is 6. The molecular weight excluding hydrogens is 282 g/mol. The van der Waals surface area contributed by atoms with Crippen LogP contribution in [0.4, 0.5) is 0 Å². The van der Waals surface area contributed by atoms with E-state index in [0.717, 1.165) is 32.1 Å². The first-order valence-electron chi connectivity index (χ1n) is 6.73. The van der Waals surface area contributed by atoms with Gasteiger partial charge in [-0.15, -0.1) is 11.6 Å². The van der Waals surface area contributed by atoms with Crippen LogP contribution in [0, 0.1) is 0 Å². The Kier molecular flexibility index (Phi) is 4.87. The summed E-state index contributed by atoms with van der Waals surface area (Å²) in [6.07, 6.45) is 4.75. The van der Waals surface area contributed by atoms with E-state index in [1.807, 2.05) is 19.1 Å². The van der Waals surface area contributed by atoms with Crippen molar-refractivity contribution in [3.8, 4) is 0 Å². The maximum atomic E-state index is 12.3. The first-order valence-corrected chi connectivity index (χ1v) is 8.75. The highest BCUT2D eigenvalue weighted by Gasteiger charge is 2.20. The predicted octanol–water partition coefficient (Wildman–Crippen LogP) is 2.86. The van der Waals surface area contributed by atoms with E-state index >= 15 is 0 Å². The topological polar surface area (TPSA) is 46.2 Å². The highest BCUT2D eigenvalue weighted by atomic mass is 35.5. The van der Waals surface area contributed by atoms with E-state index in [1.165, 1.54) is 11.1 Å². The van der Waals surface area contributed by atoms with Crippen LogP contribution in [-0.2, 0) is 22.9 Å². The smallest absolute Gasteiger partial charge is 0.208 e. The molecule has 0 aliphatic heterocycles. The van der Waals surface area contributed by atoms with Crippen LogP contribution in [0.3, 0.4) is 0 Å². The average molecular weight is 302 g/mol. The number of halogens is 1. The number of alkyl halides is 1. The van der Waals surface area contributed by atoms with E-state index in [2.05, 4.69) is 4.72 Å². The summed E-state index contributed by atoms with van der Waals surface area (Å²) >= 11 is 5.62. The van der Waals surface area contributed by atoms with E-state index in [4.69, 9.17) is 11.6 Å². The molecule has 0 aromatic heterocycles. The van der Waals surface area contributed by atoms with E-state index in [-0.39, 0.29) is 6.04 Å². The summed E-state index contributed by atoms with van der Waals surface area (Å²) in [5.41, 5.74) is 2.46. The van der Waals surface area contributed by atoms with Crippen molar-refractivity contribution >= 4 is 21.6 Å². The van der Waals surface area contributed by atoms with Gasteiger partial charge in [-0.05, 0) is 62.3 Å². The zero-order valence-corrected chi connectivity index (χ0v) is 12.7. The Labute approximate surface area is 120 Å². The maximum absolute atomic E-state index is 12.3. The van der Waals surface area contributed by atoms with Crippen molar-refractivity contribution in [3.05, 3.63) is 29.3 Å². The Morgan fingerprint density at radius 2 is 2.05 bits per heavy atom. The van der Waals surface area contributed by atoms with Gasteiger partial charge in [-0.2, -0.15) is 0 Å². The Bertz CT molecular complexity index is 542. The molecule has 0 heterocycles. The fourth-order valence-electron chi connectivity index (χ4n) is 2.49. The summed E-state index contributed by atoms with van der Waals surface area (Å²) in [7, 11) is -3.40. The number of hydrogen-bond donors (Lipinski definition) is 1. The van der Waals surface area contributed by atoms with E-state index in [9.17, 15) is 8.42 Å². The zero-order valence-electron chi connectivity index (χ0n) is 11.2. The van der Waals surface area contributed by atoms with Crippen molar-refractivity contribution in [1.82, 2.24) is 4.72 Å². The molecule has 1 unspecified atom stereocenters. The largest absolute Gasteiger partial charge is 0.240 e. The lowest BCUT2D eigenvalue weighted by atomic mass is 10.1. The van der Waals surface area contributed by atoms with Crippen LogP contribution in [0.15, 0.2) is 23.1 Å². The van der Waals surface area contributed by atoms with E-state index in [1.54, 1.807) is 6.07 Å². The normalized spacial score (nSPS) is 16.3. The molecule has 1 aliphatic rings. The minimum Gasteiger partial charge on any atom is -0.208 e. The quantitative estimate of drug-likeness (QED) is 0.821. The molecule has 3 nitrogen and oxygen atoms in total. The number of fused-ring (bicyclic) bond motifs is 1. The Morgan fingerprint density at radius 3 is 2.79 bits per heavy atom. The van der Waals surface area contributed by atoms with Crippen molar-refractivity contribution in [3.63, 3.8) is 0 Å². The van der Waals surface area contributed by atoms with Gasteiger partial charge in [0.2, 0.25) is 10.0 Å². The summed E-state index contributed by atoms with van der Waals surface area (Å²) < 4.78 is 27.2. The first-order chi connectivity index (χ1) is 9.03. The van der Waals surface area contributed by atoms with Crippen LogP contribution >= 0.6 is 11.6 Å². The molecule has 0 radical (unpaired) electrons. The number of sulfonamides is 1. The summed E-state index contributed by atoms with van der Waals surface area (Å²) in [5, 5.41) is 0. The molecule has 0 amide bonds. The van der Waals surface area contributed by atoms with Gasteiger partial charge in [0.25, 0.3) is 0 Å². The summed E-state index contributed by atoms with van der Waals surface area (Å²) in [5.74, 6) is 0.560. The lowest BCUT2D eigenvalue weighted by Crippen LogP contribution is -2.32. The SMILES string of the molecule is CC(CCCCl)NS(=O)(=O)c1ccc2c(c1)CCC2. The Morgan fingerprint density at radius 1 is 1.32 bits per heavy atom. The van der Waals surface area contributed by atoms with Crippen LogP contribution in [0.2, 0.25) is 0 Å². The predicted molar refractivity (Wildman–Crippen MR) is 78.2 cm³/mol. The van der Waals surface area contributed by atoms with Crippen LogP contribution < -0.4 is 4.72 Å². The van der Waals surface area contributed by atoms with Gasteiger partial charge in [-0.25, -0.2) is 13.1 Å². The second kappa shape index (κ2) is 6.25. The van der Waals surface area contributed by atoms with Gasteiger partial charge in [0.05, 0.1) is 4.90 Å². The highest BCUT2D eigenvalue weighted by Crippen LogP contribution is 2.24. The van der Waals surface area contributed by atoms with Crippen molar-refractivity contribution in [2.45, 2.75) is 50.0 Å². The van der Waals surface area contributed by atoms with Gasteiger partial charge in [0, 0.05) is 11.9 Å². The summed E-state index contributed by atoms with van der Waals surface area (Å²) in [6, 6.07) is 5.39. The number of nitrogens with one attached hydrogen (secondary N) is 1. The third-order valence-electron chi connectivity index (χ3n) is 3.51. The van der Waals surface area contributed by atoms with Crippen molar-refractivity contribution in [1.29, 1.82) is 0 Å². The van der Waals surface area contributed by atoms with Crippen LogP contribution in [0.5, 0.6) is 0 Å². The number of hydrogen-bond acceptors (Lipinski definition) is 2. The Balaban J connectivity index is 2.11. The lowest BCUT2D eigenvalue weighted by molar-refractivity contribution is 0.544. The number of aryl methyl sites for hydroxylation is 2. The van der Waals surface area contributed by atoms with Crippen LogP contribution in [-0.4, -0.2) is 20.3 Å². The fourth-order valence-corrected chi connectivity index (χ4v) is 3.97. The molecule has 0 bridgehead atoms. The van der Waals surface area contributed by atoms with Gasteiger partial charge in [0.1, 0.15) is 0 Å². The fraction of sp³-hybridized carbons (Fsp3) is 0.571. The van der Waals surface area contributed by atoms with Gasteiger partial charge in [-0.3, -0.25) is 0 Å². The second-order valence-electron chi connectivity index (χ2n) is 5.14. The Hall–Kier alpha value is -0.580. The third kappa shape index (κ3) is 3.71. The van der Waals surface area contributed by atoms with E-state index < -0.39 is 10.0 Å². The molecule has 0 fully saturated rings. The van der Waals surface area contributed by atoms with Gasteiger partial charge in [-0.1, -0.05) is 6.07 Å². The molecule has 0 saturated carbocycles. The average Bonchev–Trinajstić information content (AvgIpc) is 2.82. The molecule has 0 saturated heterocycles. The van der Waals surface area contributed by atoms with Crippen molar-refractivity contribution in [2.24, 2.45) is 0 Å². The third-order valence-corrected chi connectivity index (χ3v) is 5.36. The first kappa shape index (κ1) is 14.8. The van der Waals surface area contributed by atoms with Crippen molar-refractivity contribution in [2.75, 3.05) is 5.88 Å². The number of benzene rings is 1. The molecule has 19 heavy (non-hydrogen) atoms. The zero-order chi connectivity index (χ0) is 13.9. The maximum Gasteiger partial charge on any atom is 0.240 e. The standard InChI is InChI=1S/C14H20ClNO2S/c1-11(4-3-9-15)16-19(17,18)14-8-7-12-5-2-6-13(12)10-14/h7-8,10-11,16H,2-6,9H2,1H3. The molecule has 1 aromatic carbocycles. The summed E-state index contributed by atoms with van der Waals surface area (Å²) in [6.45, 7) is 1.87. The molecule has 1 aliphatic carbocycles. The second-order valence-corrected chi connectivity index (χ2v) is 7.23. The molecular formula is C14H20ClNO2S. The molecule has 5 heteroatoms. The monoisotopic (exact) mass is 301 g/mol. The van der Waals surface area contributed by atoms with E-state index in [0.29, 0.717) is 10.8 Å². The van der Waals surface area contributed by atoms with Gasteiger partial charge >= 0.3 is 0 Å². The molecule has 0 spiro atoms. The molecule has 1 N–H and O–H groups in total. The summed E-state index contributed by atoms with van der Waals surface area (Å²) in [4.78, 5) is 0.380. The van der Waals surface area contributed by atoms with Crippen LogP contribution in [0.25, 0.3) is 0 Å². The lowest BCUT2D eigenvalue weighted by Gasteiger charge is -2.14. The minimum atomic E-state index is -3.40. The van der Waals surface area contributed by atoms with Crippen molar-refractivity contribution < 1.29 is 8.42 Å². The van der Waals surface area contributed by atoms with Crippen LogP contribution in [0.1, 0.15) is 37.3 Å². The van der Waals surface area contributed by atoms with Gasteiger partial charge < -0.3 is 0 Å².